The van der Waals surface area contributed by atoms with Gasteiger partial charge < -0.3 is 0 Å². The maximum Gasteiger partial charge on any atom is 0.252 e. The highest BCUT2D eigenvalue weighted by Gasteiger charge is 2.17. The molecular formula is C6H5BrN2O2S2. The Labute approximate surface area is 88.4 Å². The molecule has 1 aromatic heterocycles. The summed E-state index contributed by atoms with van der Waals surface area (Å²) >= 11 is 4.20. The molecule has 7 heteroatoms. The first kappa shape index (κ1) is 10.7. The predicted molar refractivity (Wildman–Crippen MR) is 52.8 cm³/mol. The molecule has 70 valence electrons. The number of halogens is 1. The van der Waals surface area contributed by atoms with Crippen molar-refractivity contribution in [2.24, 2.45) is 0 Å². The van der Waals surface area contributed by atoms with Gasteiger partial charge in [0.2, 0.25) is 0 Å². The molecule has 0 saturated carbocycles. The topological polar surface area (TPSA) is 70.0 Å². The molecule has 1 heterocycles. The Morgan fingerprint density at radius 1 is 1.69 bits per heavy atom. The van der Waals surface area contributed by atoms with Gasteiger partial charge in [-0.2, -0.15) is 9.98 Å². The summed E-state index contributed by atoms with van der Waals surface area (Å²) in [7, 11) is -3.51. The van der Waals surface area contributed by atoms with Crippen LogP contribution in [0.15, 0.2) is 20.1 Å². The summed E-state index contributed by atoms with van der Waals surface area (Å²) in [5.41, 5.74) is 0. The minimum atomic E-state index is -3.51. The van der Waals surface area contributed by atoms with Crippen molar-refractivity contribution in [2.75, 3.05) is 6.54 Å². The van der Waals surface area contributed by atoms with Crippen LogP contribution in [0.25, 0.3) is 0 Å². The predicted octanol–water partition coefficient (Wildman–Crippen LogP) is 1.31. The van der Waals surface area contributed by atoms with E-state index in [0.29, 0.717) is 4.47 Å². The zero-order chi connectivity index (χ0) is 9.90. The highest BCUT2D eigenvalue weighted by atomic mass is 79.9. The van der Waals surface area contributed by atoms with E-state index < -0.39 is 10.0 Å². The van der Waals surface area contributed by atoms with E-state index in [1.165, 1.54) is 0 Å². The molecule has 1 rings (SSSR count). The normalized spacial score (nSPS) is 11.1. The maximum absolute atomic E-state index is 11.4. The van der Waals surface area contributed by atoms with Crippen LogP contribution in [0.5, 0.6) is 0 Å². The van der Waals surface area contributed by atoms with Crippen LogP contribution in [0.4, 0.5) is 0 Å². The van der Waals surface area contributed by atoms with Crippen molar-refractivity contribution < 1.29 is 8.42 Å². The van der Waals surface area contributed by atoms with Gasteiger partial charge in [0.15, 0.2) is 0 Å². The molecule has 0 aromatic carbocycles. The van der Waals surface area contributed by atoms with Crippen LogP contribution in [-0.2, 0) is 10.0 Å². The number of hydrogen-bond donors (Lipinski definition) is 1. The lowest BCUT2D eigenvalue weighted by molar-refractivity contribution is 0.587. The number of sulfonamides is 1. The summed E-state index contributed by atoms with van der Waals surface area (Å²) in [6, 6.07) is 3.35. The van der Waals surface area contributed by atoms with Crippen LogP contribution in [0, 0.1) is 11.3 Å². The highest BCUT2D eigenvalue weighted by molar-refractivity contribution is 9.10. The Kier molecular flexibility index (Phi) is 3.44. The summed E-state index contributed by atoms with van der Waals surface area (Å²) in [6.07, 6.45) is 0. The number of nitriles is 1. The highest BCUT2D eigenvalue weighted by Crippen LogP contribution is 2.26. The van der Waals surface area contributed by atoms with Crippen LogP contribution in [0.3, 0.4) is 0 Å². The van der Waals surface area contributed by atoms with E-state index in [0.717, 1.165) is 11.3 Å². The van der Waals surface area contributed by atoms with Gasteiger partial charge in [-0.15, -0.1) is 11.3 Å². The van der Waals surface area contributed by atoms with Crippen molar-refractivity contribution in [1.29, 1.82) is 5.26 Å². The second-order valence-electron chi connectivity index (χ2n) is 2.04. The second kappa shape index (κ2) is 4.19. The zero-order valence-electron chi connectivity index (χ0n) is 6.32. The van der Waals surface area contributed by atoms with Gasteiger partial charge >= 0.3 is 0 Å². The number of hydrogen-bond acceptors (Lipinski definition) is 4. The van der Waals surface area contributed by atoms with Crippen LogP contribution in [0.1, 0.15) is 0 Å². The van der Waals surface area contributed by atoms with E-state index in [9.17, 15) is 8.42 Å². The molecule has 13 heavy (non-hydrogen) atoms. The molecule has 4 nitrogen and oxygen atoms in total. The van der Waals surface area contributed by atoms with E-state index in [1.54, 1.807) is 17.5 Å². The summed E-state index contributed by atoms with van der Waals surface area (Å²) in [4.78, 5) is 0. The minimum absolute atomic E-state index is 0.197. The Balaban J connectivity index is 2.96. The smallest absolute Gasteiger partial charge is 0.206 e. The third-order valence-corrected chi connectivity index (χ3v) is 5.24. The molecule has 0 amide bonds. The molecule has 0 saturated heterocycles. The van der Waals surface area contributed by atoms with Crippen molar-refractivity contribution in [3.8, 4) is 6.07 Å². The van der Waals surface area contributed by atoms with Gasteiger partial charge in [-0.05, 0) is 27.4 Å². The molecule has 0 unspecified atom stereocenters. The molecule has 0 aliphatic rings. The molecule has 1 aromatic rings. The number of rotatable bonds is 3. The molecule has 1 N–H and O–H groups in total. The van der Waals surface area contributed by atoms with Gasteiger partial charge in [0.1, 0.15) is 4.21 Å². The molecule has 0 aliphatic heterocycles. The molecular weight excluding hydrogens is 276 g/mol. The molecule has 0 aliphatic carbocycles. The van der Waals surface area contributed by atoms with E-state index in [-0.39, 0.29) is 10.8 Å². The fourth-order valence-corrected chi connectivity index (χ4v) is 3.96. The summed E-state index contributed by atoms with van der Waals surface area (Å²) < 4.78 is 25.6. The van der Waals surface area contributed by atoms with E-state index in [1.807, 2.05) is 0 Å². The van der Waals surface area contributed by atoms with Gasteiger partial charge in [0.25, 0.3) is 10.0 Å². The summed E-state index contributed by atoms with van der Waals surface area (Å²) in [6.45, 7) is -0.216. The van der Waals surface area contributed by atoms with Crippen molar-refractivity contribution in [3.63, 3.8) is 0 Å². The zero-order valence-corrected chi connectivity index (χ0v) is 9.54. The third kappa shape index (κ3) is 2.51. The first-order chi connectivity index (χ1) is 6.08. The fourth-order valence-electron chi connectivity index (χ4n) is 0.664. The lowest BCUT2D eigenvalue weighted by Gasteiger charge is -1.99. The molecule has 0 radical (unpaired) electrons. The molecule has 0 atom stereocenters. The van der Waals surface area contributed by atoms with E-state index in [4.69, 9.17) is 5.26 Å². The SMILES string of the molecule is N#CCNS(=O)(=O)c1sccc1Br. The van der Waals surface area contributed by atoms with Gasteiger partial charge in [0.05, 0.1) is 12.6 Å². The van der Waals surface area contributed by atoms with E-state index >= 15 is 0 Å². The standard InChI is InChI=1S/C6H5BrN2O2S2/c7-5-1-4-12-6(5)13(10,11)9-3-2-8/h1,4,9H,3H2. The Hall–Kier alpha value is -0.420. The van der Waals surface area contributed by atoms with Crippen LogP contribution < -0.4 is 4.72 Å². The van der Waals surface area contributed by atoms with Gasteiger partial charge in [-0.1, -0.05) is 0 Å². The maximum atomic E-state index is 11.4. The van der Waals surface area contributed by atoms with Gasteiger partial charge in [-0.3, -0.25) is 0 Å². The van der Waals surface area contributed by atoms with Crippen LogP contribution in [-0.4, -0.2) is 15.0 Å². The first-order valence-electron chi connectivity index (χ1n) is 3.17. The van der Waals surface area contributed by atoms with Gasteiger partial charge in [0, 0.05) is 4.47 Å². The quantitative estimate of drug-likeness (QED) is 0.849. The Morgan fingerprint density at radius 2 is 2.38 bits per heavy atom. The average Bonchev–Trinajstić information content (AvgIpc) is 2.48. The van der Waals surface area contributed by atoms with E-state index in [2.05, 4.69) is 20.7 Å². The van der Waals surface area contributed by atoms with Crippen molar-refractivity contribution in [2.45, 2.75) is 4.21 Å². The summed E-state index contributed by atoms with van der Waals surface area (Å²) in [5.74, 6) is 0. The lowest BCUT2D eigenvalue weighted by atomic mass is 10.7. The number of thiophene rings is 1. The molecule has 0 bridgehead atoms. The van der Waals surface area contributed by atoms with Crippen LogP contribution in [0.2, 0.25) is 0 Å². The second-order valence-corrected chi connectivity index (χ2v) is 5.77. The average molecular weight is 281 g/mol. The number of nitrogens with one attached hydrogen (secondary N) is 1. The molecule has 0 fully saturated rings. The van der Waals surface area contributed by atoms with Crippen molar-refractivity contribution in [3.05, 3.63) is 15.9 Å². The van der Waals surface area contributed by atoms with Crippen molar-refractivity contribution in [1.82, 2.24) is 4.72 Å². The largest absolute Gasteiger partial charge is 0.252 e. The lowest BCUT2D eigenvalue weighted by Crippen LogP contribution is -2.23. The first-order valence-corrected chi connectivity index (χ1v) is 6.33. The fraction of sp³-hybridized carbons (Fsp3) is 0.167. The Morgan fingerprint density at radius 3 is 2.85 bits per heavy atom. The summed E-state index contributed by atoms with van der Waals surface area (Å²) in [5, 5.41) is 9.87. The molecule has 0 spiro atoms. The van der Waals surface area contributed by atoms with Crippen molar-refractivity contribution >= 4 is 37.3 Å². The Bertz CT molecular complexity index is 432. The number of nitrogens with zero attached hydrogens (tertiary/aromatic N) is 1. The van der Waals surface area contributed by atoms with Crippen LogP contribution >= 0.6 is 27.3 Å². The third-order valence-electron chi connectivity index (χ3n) is 1.17. The monoisotopic (exact) mass is 280 g/mol. The minimum Gasteiger partial charge on any atom is -0.206 e. The van der Waals surface area contributed by atoms with Gasteiger partial charge in [-0.25, -0.2) is 8.42 Å².